The van der Waals surface area contributed by atoms with Gasteiger partial charge in [-0.15, -0.1) is 0 Å². The van der Waals surface area contributed by atoms with E-state index in [2.05, 4.69) is 0 Å². The Morgan fingerprint density at radius 1 is 1.04 bits per heavy atom. The molecule has 1 amide bonds. The molecule has 4 nitrogen and oxygen atoms in total. The first kappa shape index (κ1) is 18.0. The third-order valence-corrected chi connectivity index (χ3v) is 6.91. The monoisotopic (exact) mass is 377 g/mol. The van der Waals surface area contributed by atoms with Gasteiger partial charge in [-0.3, -0.25) is 4.79 Å². The number of amides is 1. The van der Waals surface area contributed by atoms with Crippen LogP contribution < -0.4 is 0 Å². The molecule has 0 radical (unpaired) electrons. The van der Waals surface area contributed by atoms with Crippen molar-refractivity contribution in [3.05, 3.63) is 70.7 Å². The molecular weight excluding hydrogens is 358 g/mol. The lowest BCUT2D eigenvalue weighted by atomic mass is 10.1. The van der Waals surface area contributed by atoms with Crippen LogP contribution in [0.15, 0.2) is 54.6 Å². The number of nitrogens with zero attached hydrogens (tertiary/aromatic N) is 1. The van der Waals surface area contributed by atoms with Crippen molar-refractivity contribution in [1.82, 2.24) is 4.90 Å². The highest BCUT2D eigenvalue weighted by molar-refractivity contribution is 7.91. The molecule has 6 heteroatoms. The second-order valence-corrected chi connectivity index (χ2v) is 8.98. The summed E-state index contributed by atoms with van der Waals surface area (Å²) in [7, 11) is -3.27. The molecule has 0 N–H and O–H groups in total. The molecule has 0 aliphatic carbocycles. The van der Waals surface area contributed by atoms with Crippen LogP contribution in [0.4, 0.5) is 0 Å². The smallest absolute Gasteiger partial charge is 0.227 e. The van der Waals surface area contributed by atoms with Gasteiger partial charge in [-0.1, -0.05) is 54.1 Å². The van der Waals surface area contributed by atoms with E-state index >= 15 is 0 Å². The molecule has 1 saturated heterocycles. The van der Waals surface area contributed by atoms with Crippen LogP contribution >= 0.6 is 11.6 Å². The SMILES string of the molecule is O=C(Cc1ccc(Cl)cc1)N1CC[C@H](c2ccccc2)S(=O)(=O)CC1. The molecule has 0 spiro atoms. The quantitative estimate of drug-likeness (QED) is 0.824. The summed E-state index contributed by atoms with van der Waals surface area (Å²) >= 11 is 5.86. The van der Waals surface area contributed by atoms with Crippen molar-refractivity contribution in [2.24, 2.45) is 0 Å². The summed E-state index contributed by atoms with van der Waals surface area (Å²) < 4.78 is 25.2. The minimum absolute atomic E-state index is 0.00107. The Bertz CT molecular complexity index is 835. The number of benzene rings is 2. The number of sulfone groups is 1. The fourth-order valence-electron chi connectivity index (χ4n) is 3.12. The van der Waals surface area contributed by atoms with E-state index in [-0.39, 0.29) is 24.6 Å². The van der Waals surface area contributed by atoms with Crippen LogP contribution in [0.1, 0.15) is 22.8 Å². The van der Waals surface area contributed by atoms with Crippen molar-refractivity contribution >= 4 is 27.3 Å². The van der Waals surface area contributed by atoms with Gasteiger partial charge in [0, 0.05) is 18.1 Å². The molecule has 0 aromatic heterocycles. The van der Waals surface area contributed by atoms with Gasteiger partial charge in [0.25, 0.3) is 0 Å². The molecule has 1 atom stereocenters. The molecule has 0 unspecified atom stereocenters. The molecule has 132 valence electrons. The van der Waals surface area contributed by atoms with Crippen molar-refractivity contribution < 1.29 is 13.2 Å². The fraction of sp³-hybridized carbons (Fsp3) is 0.316. The van der Waals surface area contributed by atoms with Crippen LogP contribution in [0.3, 0.4) is 0 Å². The molecule has 0 saturated carbocycles. The Kier molecular flexibility index (Phi) is 5.45. The maximum absolute atomic E-state index is 12.6. The topological polar surface area (TPSA) is 54.5 Å². The van der Waals surface area contributed by atoms with E-state index in [1.165, 1.54) is 0 Å². The number of hydrogen-bond donors (Lipinski definition) is 0. The van der Waals surface area contributed by atoms with Crippen molar-refractivity contribution in [1.29, 1.82) is 0 Å². The molecule has 1 aliphatic rings. The predicted molar refractivity (Wildman–Crippen MR) is 99.3 cm³/mol. The Morgan fingerprint density at radius 2 is 1.72 bits per heavy atom. The van der Waals surface area contributed by atoms with Gasteiger partial charge in [-0.05, 0) is 29.7 Å². The number of carbonyl (C=O) groups is 1. The minimum atomic E-state index is -3.27. The van der Waals surface area contributed by atoms with Crippen LogP contribution in [-0.4, -0.2) is 38.1 Å². The van der Waals surface area contributed by atoms with Crippen molar-refractivity contribution in [2.75, 3.05) is 18.8 Å². The fourth-order valence-corrected chi connectivity index (χ4v) is 5.05. The van der Waals surface area contributed by atoms with Crippen LogP contribution in [0.25, 0.3) is 0 Å². The summed E-state index contributed by atoms with van der Waals surface area (Å²) in [6.07, 6.45) is 0.686. The minimum Gasteiger partial charge on any atom is -0.341 e. The van der Waals surface area contributed by atoms with E-state index in [1.807, 2.05) is 42.5 Å². The molecule has 25 heavy (non-hydrogen) atoms. The van der Waals surface area contributed by atoms with Crippen LogP contribution in [-0.2, 0) is 21.1 Å². The van der Waals surface area contributed by atoms with E-state index in [1.54, 1.807) is 17.0 Å². The summed E-state index contributed by atoms with van der Waals surface area (Å²) in [5.74, 6) is -0.0509. The molecule has 3 rings (SSSR count). The van der Waals surface area contributed by atoms with E-state index in [0.29, 0.717) is 18.0 Å². The van der Waals surface area contributed by atoms with Gasteiger partial charge >= 0.3 is 0 Å². The van der Waals surface area contributed by atoms with E-state index in [0.717, 1.165) is 11.1 Å². The lowest BCUT2D eigenvalue weighted by Crippen LogP contribution is -2.34. The van der Waals surface area contributed by atoms with Crippen molar-refractivity contribution in [3.63, 3.8) is 0 Å². The largest absolute Gasteiger partial charge is 0.341 e. The first-order valence-electron chi connectivity index (χ1n) is 8.24. The highest BCUT2D eigenvalue weighted by atomic mass is 35.5. The highest BCUT2D eigenvalue weighted by Crippen LogP contribution is 2.29. The molecular formula is C19H20ClNO3S. The zero-order chi connectivity index (χ0) is 17.9. The summed E-state index contributed by atoms with van der Waals surface area (Å²) in [5, 5.41) is 0.0878. The van der Waals surface area contributed by atoms with Gasteiger partial charge in [-0.25, -0.2) is 8.42 Å². The Hall–Kier alpha value is -1.85. The van der Waals surface area contributed by atoms with Gasteiger partial charge < -0.3 is 4.90 Å². The van der Waals surface area contributed by atoms with Crippen LogP contribution in [0.2, 0.25) is 5.02 Å². The van der Waals surface area contributed by atoms with Gasteiger partial charge in [0.2, 0.25) is 5.91 Å². The first-order valence-corrected chi connectivity index (χ1v) is 10.3. The van der Waals surface area contributed by atoms with Crippen LogP contribution in [0, 0.1) is 0 Å². The third kappa shape index (κ3) is 4.41. The Balaban J connectivity index is 1.71. The number of rotatable bonds is 3. The lowest BCUT2D eigenvalue weighted by molar-refractivity contribution is -0.130. The maximum Gasteiger partial charge on any atom is 0.227 e. The summed E-state index contributed by atoms with van der Waals surface area (Å²) in [6.45, 7) is 0.698. The van der Waals surface area contributed by atoms with Crippen molar-refractivity contribution in [2.45, 2.75) is 18.1 Å². The average Bonchev–Trinajstić information content (AvgIpc) is 2.76. The summed E-state index contributed by atoms with van der Waals surface area (Å²) in [6, 6.07) is 16.4. The second-order valence-electron chi connectivity index (χ2n) is 6.24. The normalized spacial score (nSPS) is 20.0. The molecule has 0 bridgehead atoms. The maximum atomic E-state index is 12.6. The number of hydrogen-bond acceptors (Lipinski definition) is 3. The molecule has 2 aromatic carbocycles. The zero-order valence-corrected chi connectivity index (χ0v) is 15.3. The Morgan fingerprint density at radius 3 is 2.40 bits per heavy atom. The van der Waals surface area contributed by atoms with Crippen LogP contribution in [0.5, 0.6) is 0 Å². The highest BCUT2D eigenvalue weighted by Gasteiger charge is 2.32. The first-order chi connectivity index (χ1) is 12.0. The molecule has 1 fully saturated rings. The van der Waals surface area contributed by atoms with E-state index in [9.17, 15) is 13.2 Å². The molecule has 2 aromatic rings. The number of halogens is 1. The van der Waals surface area contributed by atoms with Gasteiger partial charge in [0.15, 0.2) is 9.84 Å². The summed E-state index contributed by atoms with van der Waals surface area (Å²) in [5.41, 5.74) is 1.68. The predicted octanol–water partition coefficient (Wildman–Crippen LogP) is 3.27. The zero-order valence-electron chi connectivity index (χ0n) is 13.8. The van der Waals surface area contributed by atoms with Crippen molar-refractivity contribution in [3.8, 4) is 0 Å². The van der Waals surface area contributed by atoms with Gasteiger partial charge in [0.1, 0.15) is 0 Å². The van der Waals surface area contributed by atoms with E-state index in [4.69, 9.17) is 11.6 Å². The lowest BCUT2D eigenvalue weighted by Gasteiger charge is -2.20. The standard InChI is InChI=1S/C19H20ClNO3S/c20-17-8-6-15(7-9-17)14-19(22)21-11-10-18(25(23,24)13-12-21)16-4-2-1-3-5-16/h1-9,18H,10-14H2/t18-/m1/s1. The van der Waals surface area contributed by atoms with Gasteiger partial charge in [0.05, 0.1) is 17.4 Å². The number of carbonyl (C=O) groups excluding carboxylic acids is 1. The third-order valence-electron chi connectivity index (χ3n) is 4.53. The van der Waals surface area contributed by atoms with E-state index < -0.39 is 15.1 Å². The van der Waals surface area contributed by atoms with Gasteiger partial charge in [-0.2, -0.15) is 0 Å². The summed E-state index contributed by atoms with van der Waals surface area (Å²) in [4.78, 5) is 14.2. The molecule has 1 aliphatic heterocycles. The second kappa shape index (κ2) is 7.58. The molecule has 1 heterocycles. The average molecular weight is 378 g/mol. The Labute approximate surface area is 153 Å².